The minimum absolute atomic E-state index is 0.198. The first-order chi connectivity index (χ1) is 12.3. The highest BCUT2D eigenvalue weighted by molar-refractivity contribution is 9.10. The van der Waals surface area contributed by atoms with Gasteiger partial charge in [0, 0.05) is 12.1 Å². The fourth-order valence-electron chi connectivity index (χ4n) is 2.72. The molecule has 0 radical (unpaired) electrons. The molecule has 26 heavy (non-hydrogen) atoms. The Bertz CT molecular complexity index is 1090. The molecule has 1 aromatic carbocycles. The summed E-state index contributed by atoms with van der Waals surface area (Å²) < 4.78 is 4.11. The third-order valence-corrected chi connectivity index (χ3v) is 5.05. The maximum Gasteiger partial charge on any atom is 0.332 e. The lowest BCUT2D eigenvalue weighted by Gasteiger charge is -2.12. The van der Waals surface area contributed by atoms with E-state index in [4.69, 9.17) is 16.7 Å². The van der Waals surface area contributed by atoms with Gasteiger partial charge < -0.3 is 14.8 Å². The minimum atomic E-state index is -1.22. The average Bonchev–Trinajstić information content (AvgIpc) is 2.95. The van der Waals surface area contributed by atoms with Crippen molar-refractivity contribution < 1.29 is 10.2 Å². The Kier molecular flexibility index (Phi) is 5.33. The molecule has 1 atom stereocenters. The molecule has 10 heteroatoms. The number of nitrogens with zero attached hydrogens (tertiary/aromatic N) is 4. The number of aliphatic hydroxyl groups is 2. The minimum Gasteiger partial charge on any atom is -0.394 e. The molecule has 0 amide bonds. The van der Waals surface area contributed by atoms with Gasteiger partial charge in [0.2, 0.25) is 0 Å². The lowest BCUT2D eigenvalue weighted by molar-refractivity contribution is 0.0791. The third-order valence-electron chi connectivity index (χ3n) is 4.08. The van der Waals surface area contributed by atoms with Gasteiger partial charge in [-0.25, -0.2) is 9.78 Å². The fourth-order valence-corrected chi connectivity index (χ4v) is 3.38. The standard InChI is InChI=1S/C16H16BrClN4O4/c1-20-13-12(14(25)22(16(20)26)7-10(24)8-23)21(15(17)19-13)6-9-4-2-3-5-11(9)18/h2-5,10,23-24H,6-8H2,1H3. The zero-order valence-electron chi connectivity index (χ0n) is 13.8. The van der Waals surface area contributed by atoms with Crippen LogP contribution in [0.5, 0.6) is 0 Å². The van der Waals surface area contributed by atoms with Crippen LogP contribution in [0, 0.1) is 0 Å². The Balaban J connectivity index is 2.25. The lowest BCUT2D eigenvalue weighted by atomic mass is 10.2. The van der Waals surface area contributed by atoms with Gasteiger partial charge in [0.1, 0.15) is 0 Å². The number of benzene rings is 1. The molecule has 2 N–H and O–H groups in total. The van der Waals surface area contributed by atoms with E-state index in [1.54, 1.807) is 16.7 Å². The Labute approximate surface area is 161 Å². The maximum atomic E-state index is 12.9. The van der Waals surface area contributed by atoms with Gasteiger partial charge in [-0.05, 0) is 27.6 Å². The first-order valence-corrected chi connectivity index (χ1v) is 8.90. The molecule has 1 unspecified atom stereocenters. The van der Waals surface area contributed by atoms with Crippen molar-refractivity contribution in [2.45, 2.75) is 19.2 Å². The molecule has 0 bridgehead atoms. The number of aliphatic hydroxyl groups excluding tert-OH is 2. The molecule has 3 aromatic rings. The highest BCUT2D eigenvalue weighted by Gasteiger charge is 2.21. The number of aryl methyl sites for hydroxylation is 1. The Morgan fingerprint density at radius 3 is 2.62 bits per heavy atom. The number of halogens is 2. The average molecular weight is 444 g/mol. The van der Waals surface area contributed by atoms with E-state index in [1.807, 2.05) is 12.1 Å². The molecule has 0 saturated heterocycles. The van der Waals surface area contributed by atoms with Crippen LogP contribution in [0.3, 0.4) is 0 Å². The van der Waals surface area contributed by atoms with Gasteiger partial charge in [-0.1, -0.05) is 29.8 Å². The van der Waals surface area contributed by atoms with Gasteiger partial charge in [0.25, 0.3) is 5.56 Å². The van der Waals surface area contributed by atoms with Crippen molar-refractivity contribution in [1.82, 2.24) is 18.7 Å². The molecule has 8 nitrogen and oxygen atoms in total. The lowest BCUT2D eigenvalue weighted by Crippen LogP contribution is -2.42. The molecule has 0 aliphatic rings. The summed E-state index contributed by atoms with van der Waals surface area (Å²) in [5, 5.41) is 19.2. The predicted octanol–water partition coefficient (Wildman–Crippen LogP) is 0.714. The molecule has 3 rings (SSSR count). The van der Waals surface area contributed by atoms with E-state index in [1.165, 1.54) is 11.6 Å². The number of rotatable bonds is 5. The first kappa shape index (κ1) is 18.8. The second kappa shape index (κ2) is 7.36. The van der Waals surface area contributed by atoms with Crippen LogP contribution in [0.1, 0.15) is 5.56 Å². The topological polar surface area (TPSA) is 102 Å². The van der Waals surface area contributed by atoms with E-state index in [0.29, 0.717) is 9.76 Å². The summed E-state index contributed by atoms with van der Waals surface area (Å²) in [6, 6.07) is 7.21. The Hall–Kier alpha value is -1.94. The summed E-state index contributed by atoms with van der Waals surface area (Å²) in [5.74, 6) is 0. The second-order valence-corrected chi connectivity index (χ2v) is 6.94. The van der Waals surface area contributed by atoms with Crippen LogP contribution < -0.4 is 11.2 Å². The largest absolute Gasteiger partial charge is 0.394 e. The second-order valence-electron chi connectivity index (χ2n) is 5.82. The molecule has 0 saturated carbocycles. The van der Waals surface area contributed by atoms with Crippen LogP contribution in [-0.2, 0) is 20.1 Å². The van der Waals surface area contributed by atoms with Crippen molar-refractivity contribution in [3.63, 3.8) is 0 Å². The van der Waals surface area contributed by atoms with Crippen molar-refractivity contribution in [2.24, 2.45) is 7.05 Å². The number of fused-ring (bicyclic) bond motifs is 1. The van der Waals surface area contributed by atoms with E-state index < -0.39 is 24.0 Å². The smallest absolute Gasteiger partial charge is 0.332 e. The van der Waals surface area contributed by atoms with Crippen LogP contribution in [0.2, 0.25) is 5.02 Å². The Morgan fingerprint density at radius 2 is 1.96 bits per heavy atom. The van der Waals surface area contributed by atoms with Gasteiger partial charge in [-0.3, -0.25) is 13.9 Å². The van der Waals surface area contributed by atoms with Crippen molar-refractivity contribution >= 4 is 38.7 Å². The van der Waals surface area contributed by atoms with E-state index in [0.717, 1.165) is 10.1 Å². The molecule has 2 aromatic heterocycles. The highest BCUT2D eigenvalue weighted by Crippen LogP contribution is 2.22. The number of hydrogen-bond acceptors (Lipinski definition) is 5. The molecule has 0 fully saturated rings. The quantitative estimate of drug-likeness (QED) is 0.566. The summed E-state index contributed by atoms with van der Waals surface area (Å²) in [7, 11) is 1.49. The van der Waals surface area contributed by atoms with Gasteiger partial charge in [-0.15, -0.1) is 0 Å². The SMILES string of the molecule is Cn1c(=O)n(CC(O)CO)c(=O)c2c1nc(Br)n2Cc1ccccc1Cl. The van der Waals surface area contributed by atoms with Crippen molar-refractivity contribution in [1.29, 1.82) is 0 Å². The van der Waals surface area contributed by atoms with E-state index >= 15 is 0 Å². The van der Waals surface area contributed by atoms with Crippen molar-refractivity contribution in [3.05, 3.63) is 60.4 Å². The molecule has 0 spiro atoms. The zero-order valence-corrected chi connectivity index (χ0v) is 16.1. The van der Waals surface area contributed by atoms with E-state index in [9.17, 15) is 14.7 Å². The van der Waals surface area contributed by atoms with E-state index in [-0.39, 0.29) is 24.3 Å². The monoisotopic (exact) mass is 442 g/mol. The molecule has 2 heterocycles. The number of imidazole rings is 1. The summed E-state index contributed by atoms with van der Waals surface area (Å²) in [4.78, 5) is 29.6. The van der Waals surface area contributed by atoms with Crippen molar-refractivity contribution in [2.75, 3.05) is 6.61 Å². The number of aromatic nitrogens is 4. The first-order valence-electron chi connectivity index (χ1n) is 7.73. The summed E-state index contributed by atoms with van der Waals surface area (Å²) in [5.41, 5.74) is -0.0205. The summed E-state index contributed by atoms with van der Waals surface area (Å²) in [6.07, 6.45) is -1.22. The van der Waals surface area contributed by atoms with Crippen LogP contribution in [0.25, 0.3) is 11.2 Å². The van der Waals surface area contributed by atoms with Crippen LogP contribution in [-0.4, -0.2) is 41.6 Å². The van der Waals surface area contributed by atoms with E-state index in [2.05, 4.69) is 20.9 Å². The van der Waals surface area contributed by atoms with Gasteiger partial charge in [0.05, 0.1) is 25.8 Å². The molecular formula is C16H16BrClN4O4. The van der Waals surface area contributed by atoms with Gasteiger partial charge >= 0.3 is 5.69 Å². The molecule has 138 valence electrons. The third kappa shape index (κ3) is 3.23. The van der Waals surface area contributed by atoms with Gasteiger partial charge in [0.15, 0.2) is 15.9 Å². The molecule has 0 aliphatic heterocycles. The molecular weight excluding hydrogens is 428 g/mol. The van der Waals surface area contributed by atoms with Crippen molar-refractivity contribution in [3.8, 4) is 0 Å². The number of hydrogen-bond donors (Lipinski definition) is 2. The fraction of sp³-hybridized carbons (Fsp3) is 0.312. The molecule has 0 aliphatic carbocycles. The predicted molar refractivity (Wildman–Crippen MR) is 101 cm³/mol. The maximum absolute atomic E-state index is 12.9. The van der Waals surface area contributed by atoms with Gasteiger partial charge in [-0.2, -0.15) is 0 Å². The van der Waals surface area contributed by atoms with Crippen LogP contribution in [0.4, 0.5) is 0 Å². The summed E-state index contributed by atoms with van der Waals surface area (Å²) in [6.45, 7) is -0.601. The Morgan fingerprint density at radius 1 is 1.27 bits per heavy atom. The van der Waals surface area contributed by atoms with Crippen LogP contribution >= 0.6 is 27.5 Å². The zero-order chi connectivity index (χ0) is 19.0. The highest BCUT2D eigenvalue weighted by atomic mass is 79.9. The van der Waals surface area contributed by atoms with Crippen LogP contribution in [0.15, 0.2) is 38.6 Å². The normalized spacial score (nSPS) is 12.7. The summed E-state index contributed by atoms with van der Waals surface area (Å²) >= 11 is 9.54.